The molecule has 0 aliphatic heterocycles. The topological polar surface area (TPSA) is 16.4 Å². The van der Waals surface area contributed by atoms with Crippen LogP contribution in [0.5, 0.6) is 0 Å². The van der Waals surface area contributed by atoms with Crippen LogP contribution in [0, 0.1) is 0 Å². The number of fused-ring (bicyclic) bond motifs is 8. The lowest BCUT2D eigenvalue weighted by atomic mass is 9.94. The zero-order valence-electron chi connectivity index (χ0n) is 29.8. The second kappa shape index (κ2) is 12.9. The standard InChI is InChI=1S/C52H33NOS/c1-4-15-34(16-5-1)36-27-29-39(30-28-36)53(47-25-14-24-43-41-22-12-13-26-49(41)55-52(43)47)48-32-38(35-17-6-2-7-18-35)31-45-46-33-44(37-19-8-3-9-20-37)40-21-10-11-23-42(40)50(46)54-51(45)48/h1-33H. The van der Waals surface area contributed by atoms with E-state index in [9.17, 15) is 0 Å². The smallest absolute Gasteiger partial charge is 0.159 e. The van der Waals surface area contributed by atoms with Crippen molar-refractivity contribution < 1.29 is 4.42 Å². The summed E-state index contributed by atoms with van der Waals surface area (Å²) in [5.41, 5.74) is 12.0. The molecular formula is C52H33NOS. The van der Waals surface area contributed by atoms with E-state index < -0.39 is 0 Å². The lowest BCUT2D eigenvalue weighted by molar-refractivity contribution is 0.673. The van der Waals surface area contributed by atoms with Crippen LogP contribution in [0.2, 0.25) is 0 Å². The Morgan fingerprint density at radius 1 is 0.345 bits per heavy atom. The molecule has 0 saturated carbocycles. The van der Waals surface area contributed by atoms with Gasteiger partial charge in [-0.2, -0.15) is 0 Å². The average Bonchev–Trinajstić information content (AvgIpc) is 3.84. The number of thiophene rings is 1. The fraction of sp³-hybridized carbons (Fsp3) is 0. The van der Waals surface area contributed by atoms with Gasteiger partial charge in [-0.1, -0.05) is 158 Å². The van der Waals surface area contributed by atoms with Crippen molar-refractivity contribution in [3.8, 4) is 33.4 Å². The lowest BCUT2D eigenvalue weighted by Gasteiger charge is -2.27. The molecule has 0 atom stereocenters. The molecule has 0 aliphatic rings. The molecule has 11 rings (SSSR count). The van der Waals surface area contributed by atoms with E-state index in [-0.39, 0.29) is 0 Å². The molecule has 0 saturated heterocycles. The Morgan fingerprint density at radius 3 is 1.64 bits per heavy atom. The van der Waals surface area contributed by atoms with Crippen molar-refractivity contribution in [3.05, 3.63) is 200 Å². The summed E-state index contributed by atoms with van der Waals surface area (Å²) in [6.45, 7) is 0. The van der Waals surface area contributed by atoms with Crippen molar-refractivity contribution in [2.45, 2.75) is 0 Å². The maximum absolute atomic E-state index is 7.23. The molecule has 0 bridgehead atoms. The highest BCUT2D eigenvalue weighted by molar-refractivity contribution is 7.26. The summed E-state index contributed by atoms with van der Waals surface area (Å²) >= 11 is 1.85. The van der Waals surface area contributed by atoms with Gasteiger partial charge < -0.3 is 9.32 Å². The van der Waals surface area contributed by atoms with Crippen molar-refractivity contribution in [2.75, 3.05) is 4.90 Å². The van der Waals surface area contributed by atoms with Gasteiger partial charge in [0.15, 0.2) is 5.58 Å². The number of rotatable bonds is 6. The second-order valence-electron chi connectivity index (χ2n) is 14.1. The van der Waals surface area contributed by atoms with E-state index in [0.29, 0.717) is 0 Å². The van der Waals surface area contributed by atoms with Crippen molar-refractivity contribution >= 4 is 81.3 Å². The molecule has 3 heteroatoms. The summed E-state index contributed by atoms with van der Waals surface area (Å²) in [4.78, 5) is 2.42. The highest BCUT2D eigenvalue weighted by Crippen LogP contribution is 2.50. The van der Waals surface area contributed by atoms with E-state index in [1.807, 2.05) is 11.3 Å². The van der Waals surface area contributed by atoms with Gasteiger partial charge in [0.1, 0.15) is 5.58 Å². The number of benzene rings is 9. The Balaban J connectivity index is 1.25. The summed E-state index contributed by atoms with van der Waals surface area (Å²) in [5.74, 6) is 0. The number of hydrogen-bond acceptors (Lipinski definition) is 3. The maximum Gasteiger partial charge on any atom is 0.159 e. The van der Waals surface area contributed by atoms with Gasteiger partial charge in [-0.3, -0.25) is 0 Å². The van der Waals surface area contributed by atoms with Crippen LogP contribution in [-0.4, -0.2) is 0 Å². The van der Waals surface area contributed by atoms with E-state index in [1.165, 1.54) is 47.8 Å². The fourth-order valence-corrected chi connectivity index (χ4v) is 9.46. The first kappa shape index (κ1) is 31.6. The van der Waals surface area contributed by atoms with E-state index in [2.05, 4.69) is 205 Å². The molecule has 0 unspecified atom stereocenters. The third kappa shape index (κ3) is 5.24. The van der Waals surface area contributed by atoms with E-state index in [4.69, 9.17) is 4.42 Å². The third-order valence-electron chi connectivity index (χ3n) is 10.8. The van der Waals surface area contributed by atoms with Gasteiger partial charge >= 0.3 is 0 Å². The molecule has 258 valence electrons. The number of nitrogens with zero attached hydrogens (tertiary/aromatic N) is 1. The van der Waals surface area contributed by atoms with Gasteiger partial charge in [-0.25, -0.2) is 0 Å². The van der Waals surface area contributed by atoms with Gasteiger partial charge in [-0.05, 0) is 81.2 Å². The molecule has 9 aromatic carbocycles. The second-order valence-corrected chi connectivity index (χ2v) is 15.1. The summed E-state index contributed by atoms with van der Waals surface area (Å²) in [5, 5.41) is 6.99. The van der Waals surface area contributed by atoms with Crippen LogP contribution in [0.4, 0.5) is 17.1 Å². The Morgan fingerprint density at radius 2 is 0.909 bits per heavy atom. The average molecular weight is 720 g/mol. The minimum absolute atomic E-state index is 0.857. The maximum atomic E-state index is 7.23. The SMILES string of the molecule is c1ccc(-c2ccc(N(c3cc(-c4ccccc4)cc4c3oc3c5ccccc5c(-c5ccccc5)cc43)c3cccc4c3sc3ccccc34)cc2)cc1. The van der Waals surface area contributed by atoms with Crippen molar-refractivity contribution in [3.63, 3.8) is 0 Å². The first-order chi connectivity index (χ1) is 27.3. The summed E-state index contributed by atoms with van der Waals surface area (Å²) < 4.78 is 9.74. The van der Waals surface area contributed by atoms with Crippen molar-refractivity contribution in [1.82, 2.24) is 0 Å². The monoisotopic (exact) mass is 719 g/mol. The van der Waals surface area contributed by atoms with Gasteiger partial charge in [0, 0.05) is 37.3 Å². The molecule has 2 aromatic heterocycles. The fourth-order valence-electron chi connectivity index (χ4n) is 8.25. The highest BCUT2D eigenvalue weighted by atomic mass is 32.1. The van der Waals surface area contributed by atoms with Crippen LogP contribution in [0.15, 0.2) is 205 Å². The first-order valence-electron chi connectivity index (χ1n) is 18.7. The Bertz CT molecular complexity index is 3180. The number of furan rings is 1. The van der Waals surface area contributed by atoms with E-state index in [0.717, 1.165) is 55.5 Å². The zero-order chi connectivity index (χ0) is 36.3. The molecule has 0 fully saturated rings. The van der Waals surface area contributed by atoms with Gasteiger partial charge in [0.25, 0.3) is 0 Å². The van der Waals surface area contributed by atoms with Gasteiger partial charge in [0.05, 0.1) is 16.1 Å². The zero-order valence-corrected chi connectivity index (χ0v) is 30.6. The minimum atomic E-state index is 0.857. The lowest BCUT2D eigenvalue weighted by Crippen LogP contribution is -2.10. The largest absolute Gasteiger partial charge is 0.453 e. The molecule has 11 aromatic rings. The van der Waals surface area contributed by atoms with Crippen LogP contribution in [0.25, 0.3) is 86.3 Å². The van der Waals surface area contributed by atoms with E-state index >= 15 is 0 Å². The molecule has 0 aliphatic carbocycles. The summed E-state index contributed by atoms with van der Waals surface area (Å²) in [7, 11) is 0. The van der Waals surface area contributed by atoms with Crippen LogP contribution in [0.3, 0.4) is 0 Å². The molecule has 0 radical (unpaired) electrons. The molecule has 55 heavy (non-hydrogen) atoms. The normalized spacial score (nSPS) is 11.6. The number of hydrogen-bond donors (Lipinski definition) is 0. The van der Waals surface area contributed by atoms with Crippen LogP contribution >= 0.6 is 11.3 Å². The molecule has 2 heterocycles. The Kier molecular flexibility index (Phi) is 7.39. The van der Waals surface area contributed by atoms with Gasteiger partial charge in [-0.15, -0.1) is 11.3 Å². The number of anilines is 3. The predicted molar refractivity (Wildman–Crippen MR) is 235 cm³/mol. The predicted octanol–water partition coefficient (Wildman–Crippen LogP) is 15.6. The third-order valence-corrected chi connectivity index (χ3v) is 12.1. The van der Waals surface area contributed by atoms with Gasteiger partial charge in [0.2, 0.25) is 0 Å². The van der Waals surface area contributed by atoms with Crippen molar-refractivity contribution in [1.29, 1.82) is 0 Å². The molecule has 0 spiro atoms. The van der Waals surface area contributed by atoms with Crippen molar-refractivity contribution in [2.24, 2.45) is 0 Å². The molecule has 0 amide bonds. The molecular weight excluding hydrogens is 687 g/mol. The summed E-state index contributed by atoms with van der Waals surface area (Å²) in [6.07, 6.45) is 0. The summed E-state index contributed by atoms with van der Waals surface area (Å²) in [6, 6.07) is 72.0. The van der Waals surface area contributed by atoms with Crippen LogP contribution < -0.4 is 4.90 Å². The quantitative estimate of drug-likeness (QED) is 0.170. The van der Waals surface area contributed by atoms with Crippen LogP contribution in [-0.2, 0) is 0 Å². The molecule has 2 nitrogen and oxygen atoms in total. The first-order valence-corrected chi connectivity index (χ1v) is 19.5. The Hall–Kier alpha value is -6.94. The highest BCUT2D eigenvalue weighted by Gasteiger charge is 2.25. The Labute approximate surface area is 322 Å². The molecule has 0 N–H and O–H groups in total. The van der Waals surface area contributed by atoms with Crippen LogP contribution in [0.1, 0.15) is 0 Å². The van der Waals surface area contributed by atoms with E-state index in [1.54, 1.807) is 0 Å². The minimum Gasteiger partial charge on any atom is -0.453 e.